The van der Waals surface area contributed by atoms with Crippen LogP contribution in [-0.2, 0) is 32.7 Å². The number of aromatic hydroxyl groups is 1. The lowest BCUT2D eigenvalue weighted by molar-refractivity contribution is -0.154. The lowest BCUT2D eigenvalue weighted by atomic mass is 9.83. The first-order valence-electron chi connectivity index (χ1n) is 19.8. The maximum Gasteiger partial charge on any atom is 0.331 e. The maximum absolute atomic E-state index is 15.0. The summed E-state index contributed by atoms with van der Waals surface area (Å²) < 4.78 is 42.3. The third-order valence-corrected chi connectivity index (χ3v) is 13.1. The van der Waals surface area contributed by atoms with Gasteiger partial charge >= 0.3 is 11.9 Å². The molecule has 4 N–H and O–H groups in total. The van der Waals surface area contributed by atoms with Crippen molar-refractivity contribution in [1.29, 1.82) is 0 Å². The fourth-order valence-electron chi connectivity index (χ4n) is 9.27. The summed E-state index contributed by atoms with van der Waals surface area (Å²) in [7, 11) is 5.01. The standard InChI is InChI=1S/C43H55N3O11S/c1-22-14-28-10-9-13-46-30(34-24(3)39(57-26(5)48)25(4)40-41(34)55-21-54-40)18-53-42(50)43(20-58-19-31(46)36(44-6)35(28)37(49)38(22)52-8)29-16-32(51-7)33(56-23(2)17-47)15-27(29)11-12-45-43/h14-16,23,30-31,36,44-45,47,49H,9-13,17-21H2,1-8H3/t23?,30?,31?,36-,43+/m0/s1. The minimum Gasteiger partial charge on any atom is -0.504 e. The number of rotatable bonds is 8. The van der Waals surface area contributed by atoms with Crippen molar-refractivity contribution in [3.63, 3.8) is 0 Å². The molecule has 0 bridgehead atoms. The largest absolute Gasteiger partial charge is 0.504 e. The van der Waals surface area contributed by atoms with Gasteiger partial charge in [-0.05, 0) is 94.9 Å². The molecule has 5 atom stereocenters. The van der Waals surface area contributed by atoms with Crippen molar-refractivity contribution >= 4 is 23.7 Å². The molecule has 3 aromatic rings. The molecule has 1 saturated heterocycles. The van der Waals surface area contributed by atoms with Gasteiger partial charge in [-0.2, -0.15) is 11.8 Å². The van der Waals surface area contributed by atoms with Crippen LogP contribution in [-0.4, -0.2) is 105 Å². The first-order valence-corrected chi connectivity index (χ1v) is 21.0. The number of carbonyl (C=O) groups excluding carboxylic acids is 2. The number of hydrogen-bond acceptors (Lipinski definition) is 15. The van der Waals surface area contributed by atoms with Crippen LogP contribution in [0.1, 0.15) is 76.9 Å². The van der Waals surface area contributed by atoms with E-state index in [1.165, 1.54) is 6.92 Å². The molecule has 0 aromatic heterocycles. The van der Waals surface area contributed by atoms with E-state index in [9.17, 15) is 19.8 Å². The lowest BCUT2D eigenvalue weighted by Crippen LogP contribution is -2.57. The molecule has 7 rings (SSSR count). The van der Waals surface area contributed by atoms with E-state index in [4.69, 9.17) is 33.2 Å². The van der Waals surface area contributed by atoms with Gasteiger partial charge in [0.05, 0.1) is 32.9 Å². The van der Waals surface area contributed by atoms with E-state index in [2.05, 4.69) is 21.6 Å². The SMILES string of the molecule is CN[C@@H]1c2c(cc(C)c(OC)c2O)CCCN2C(c3c(C)c(OC(C)=O)c(C)c4c3OCO4)COC(=O)[C@]3(CSCC12)NCCc1cc(OC(C)CO)c(OC)cc13. The first kappa shape index (κ1) is 41.7. The number of esters is 2. The molecule has 0 amide bonds. The van der Waals surface area contributed by atoms with Gasteiger partial charge in [0.25, 0.3) is 0 Å². The summed E-state index contributed by atoms with van der Waals surface area (Å²) in [6.07, 6.45) is 1.59. The number of nitrogens with one attached hydrogen (secondary N) is 2. The second-order valence-corrected chi connectivity index (χ2v) is 16.5. The molecule has 1 spiro atoms. The van der Waals surface area contributed by atoms with E-state index in [1.54, 1.807) is 32.9 Å². The minimum atomic E-state index is -1.26. The molecule has 4 aliphatic rings. The number of phenols is 1. The number of ether oxygens (including phenoxy) is 7. The lowest BCUT2D eigenvalue weighted by Gasteiger charge is -2.46. The fourth-order valence-corrected chi connectivity index (χ4v) is 10.7. The van der Waals surface area contributed by atoms with Crippen LogP contribution in [0, 0.1) is 20.8 Å². The highest BCUT2D eigenvalue weighted by Crippen LogP contribution is 2.52. The Balaban J connectivity index is 1.42. The third kappa shape index (κ3) is 7.29. The number of benzene rings is 3. The van der Waals surface area contributed by atoms with Gasteiger partial charge in [-0.15, -0.1) is 0 Å². The second kappa shape index (κ2) is 17.1. The third-order valence-electron chi connectivity index (χ3n) is 11.9. The molecular formula is C43H55N3O11S. The highest BCUT2D eigenvalue weighted by atomic mass is 32.2. The second-order valence-electron chi connectivity index (χ2n) is 15.5. The summed E-state index contributed by atoms with van der Waals surface area (Å²) in [6.45, 7) is 9.67. The number of aryl methyl sites for hydroxylation is 2. The van der Waals surface area contributed by atoms with Crippen molar-refractivity contribution in [1.82, 2.24) is 15.5 Å². The molecular weight excluding hydrogens is 767 g/mol. The summed E-state index contributed by atoms with van der Waals surface area (Å²) in [5.74, 6) is 2.79. The topological polar surface area (TPSA) is 167 Å². The van der Waals surface area contributed by atoms with Crippen molar-refractivity contribution in [3.05, 3.63) is 62.7 Å². The van der Waals surface area contributed by atoms with Crippen LogP contribution in [0.4, 0.5) is 0 Å². The van der Waals surface area contributed by atoms with Crippen LogP contribution in [0.15, 0.2) is 18.2 Å². The van der Waals surface area contributed by atoms with Crippen LogP contribution >= 0.6 is 11.8 Å². The average molecular weight is 822 g/mol. The number of fused-ring (bicyclic) bond motifs is 5. The molecule has 3 aromatic carbocycles. The molecule has 314 valence electrons. The Bertz CT molecular complexity index is 2080. The Kier molecular flexibility index (Phi) is 12.3. The zero-order valence-electron chi connectivity index (χ0n) is 34.5. The Morgan fingerprint density at radius 3 is 2.52 bits per heavy atom. The van der Waals surface area contributed by atoms with E-state index in [0.29, 0.717) is 88.6 Å². The van der Waals surface area contributed by atoms with Crippen LogP contribution < -0.4 is 39.1 Å². The van der Waals surface area contributed by atoms with Crippen LogP contribution in [0.25, 0.3) is 0 Å². The Morgan fingerprint density at radius 1 is 1.03 bits per heavy atom. The van der Waals surface area contributed by atoms with Gasteiger partial charge < -0.3 is 48.7 Å². The molecule has 15 heteroatoms. The monoisotopic (exact) mass is 821 g/mol. The number of hydrogen-bond donors (Lipinski definition) is 4. The number of aliphatic hydroxyl groups excluding tert-OH is 1. The summed E-state index contributed by atoms with van der Waals surface area (Å²) in [4.78, 5) is 29.8. The molecule has 0 radical (unpaired) electrons. The number of carbonyl (C=O) groups is 2. The molecule has 4 heterocycles. The fraction of sp³-hybridized carbons (Fsp3) is 0.535. The van der Waals surface area contributed by atoms with Crippen LogP contribution in [0.2, 0.25) is 0 Å². The Hall–Kier alpha value is -4.41. The number of methoxy groups -OCH3 is 2. The number of nitrogens with zero attached hydrogens (tertiary/aromatic N) is 1. The maximum atomic E-state index is 15.0. The normalized spacial score (nSPS) is 23.7. The number of aliphatic hydroxyl groups is 1. The van der Waals surface area contributed by atoms with Gasteiger partial charge in [-0.25, -0.2) is 4.79 Å². The van der Waals surface area contributed by atoms with Gasteiger partial charge in [-0.1, -0.05) is 6.07 Å². The van der Waals surface area contributed by atoms with E-state index in [0.717, 1.165) is 34.2 Å². The van der Waals surface area contributed by atoms with Gasteiger partial charge in [0, 0.05) is 53.3 Å². The highest BCUT2D eigenvalue weighted by molar-refractivity contribution is 7.99. The predicted octanol–water partition coefficient (Wildman–Crippen LogP) is 4.70. The van der Waals surface area contributed by atoms with Gasteiger partial charge in [0.1, 0.15) is 18.5 Å². The van der Waals surface area contributed by atoms with Gasteiger partial charge in [0.15, 0.2) is 40.0 Å². The molecule has 0 saturated carbocycles. The highest BCUT2D eigenvalue weighted by Gasteiger charge is 2.49. The number of thioether (sulfide) groups is 1. The van der Waals surface area contributed by atoms with Crippen LogP contribution in [0.5, 0.6) is 40.2 Å². The van der Waals surface area contributed by atoms with Crippen molar-refractivity contribution in [2.75, 3.05) is 65.9 Å². The molecule has 1 fully saturated rings. The van der Waals surface area contributed by atoms with E-state index in [-0.39, 0.29) is 31.8 Å². The van der Waals surface area contributed by atoms with Crippen molar-refractivity contribution < 1.29 is 53.0 Å². The minimum absolute atomic E-state index is 0.0219. The summed E-state index contributed by atoms with van der Waals surface area (Å²) >= 11 is 1.62. The van der Waals surface area contributed by atoms with Gasteiger partial charge in [-0.3, -0.25) is 15.0 Å². The Labute approximate surface area is 343 Å². The van der Waals surface area contributed by atoms with Gasteiger partial charge in [0.2, 0.25) is 6.79 Å². The number of phenolic OH excluding ortho intramolecular Hbond substituents is 1. The van der Waals surface area contributed by atoms with Crippen molar-refractivity contribution in [3.8, 4) is 40.2 Å². The molecule has 3 unspecified atom stereocenters. The average Bonchev–Trinajstić information content (AvgIpc) is 3.69. The van der Waals surface area contributed by atoms with E-state index >= 15 is 0 Å². The van der Waals surface area contributed by atoms with E-state index < -0.39 is 35.7 Å². The van der Waals surface area contributed by atoms with Crippen LogP contribution in [0.3, 0.4) is 0 Å². The predicted molar refractivity (Wildman–Crippen MR) is 218 cm³/mol. The molecule has 4 aliphatic heterocycles. The molecule has 58 heavy (non-hydrogen) atoms. The van der Waals surface area contributed by atoms with E-state index in [1.807, 2.05) is 40.0 Å². The first-order chi connectivity index (χ1) is 27.9. The summed E-state index contributed by atoms with van der Waals surface area (Å²) in [5.41, 5.74) is 5.07. The number of likely N-dealkylation sites (N-methyl/N-ethyl adjacent to an activating group) is 1. The van der Waals surface area contributed by atoms with Crippen molar-refractivity contribution in [2.45, 2.75) is 83.6 Å². The molecule has 0 aliphatic carbocycles. The smallest absolute Gasteiger partial charge is 0.331 e. The summed E-state index contributed by atoms with van der Waals surface area (Å²) in [5, 5.41) is 28.8. The quantitative estimate of drug-likeness (QED) is 0.182. The molecule has 14 nitrogen and oxygen atoms in total. The zero-order chi connectivity index (χ0) is 41.5. The number of cyclic esters (lactones) is 1. The van der Waals surface area contributed by atoms with Crippen molar-refractivity contribution in [2.24, 2.45) is 0 Å². The Morgan fingerprint density at radius 2 is 1.81 bits per heavy atom. The summed E-state index contributed by atoms with van der Waals surface area (Å²) in [6, 6.07) is 4.58. The zero-order valence-corrected chi connectivity index (χ0v) is 35.4.